The molecule has 2 bridgehead atoms. The number of alkyl halides is 4. The van der Waals surface area contributed by atoms with Crippen molar-refractivity contribution in [3.63, 3.8) is 0 Å². The van der Waals surface area contributed by atoms with E-state index in [1.807, 2.05) is 0 Å². The van der Waals surface area contributed by atoms with Crippen molar-refractivity contribution >= 4 is 69.6 Å². The SMILES string of the molecule is ClC1=C(Cl)C2(Cl)C(COCC3CO3)C(COCC3CO3)C1(Cl)C2(Cl)Cl. The second-order valence-electron chi connectivity index (χ2n) is 6.82. The van der Waals surface area contributed by atoms with Crippen LogP contribution in [0, 0.1) is 11.8 Å². The van der Waals surface area contributed by atoms with E-state index in [1.54, 1.807) is 0 Å². The third-order valence-corrected chi connectivity index (χ3v) is 9.61. The number of hydrogen-bond donors (Lipinski definition) is 0. The number of ether oxygens (including phenoxy) is 4. The van der Waals surface area contributed by atoms with Gasteiger partial charge in [0.2, 0.25) is 0 Å². The first-order valence-electron chi connectivity index (χ1n) is 7.95. The lowest BCUT2D eigenvalue weighted by Gasteiger charge is -2.36. The standard InChI is InChI=1S/C15H16Cl6O4/c16-11-12(17)14(19)10(6-23-2-8-4-25-8)9(5-22-1-7-3-24-7)13(11,18)15(14,20)21/h7-10H,1-6H2. The molecule has 6 atom stereocenters. The van der Waals surface area contributed by atoms with E-state index in [0.717, 1.165) is 0 Å². The molecular formula is C15H16Cl6O4. The van der Waals surface area contributed by atoms with E-state index in [-0.39, 0.29) is 47.3 Å². The lowest BCUT2D eigenvalue weighted by atomic mass is 9.83. The van der Waals surface area contributed by atoms with Crippen LogP contribution in [-0.4, -0.2) is 65.9 Å². The Labute approximate surface area is 175 Å². The molecule has 4 rings (SSSR count). The number of rotatable bonds is 8. The van der Waals surface area contributed by atoms with Crippen LogP contribution in [0.1, 0.15) is 0 Å². The predicted molar refractivity (Wildman–Crippen MR) is 98.4 cm³/mol. The predicted octanol–water partition coefficient (Wildman–Crippen LogP) is 3.90. The molecule has 0 aromatic rings. The molecule has 6 unspecified atom stereocenters. The molecule has 25 heavy (non-hydrogen) atoms. The average Bonchev–Trinajstić information content (AvgIpc) is 3.45. The van der Waals surface area contributed by atoms with E-state index in [9.17, 15) is 0 Å². The molecule has 2 aliphatic heterocycles. The molecule has 3 fully saturated rings. The fraction of sp³-hybridized carbons (Fsp3) is 0.867. The molecule has 0 aromatic carbocycles. The zero-order valence-electron chi connectivity index (χ0n) is 13.0. The third-order valence-electron chi connectivity index (χ3n) is 5.26. The molecule has 4 aliphatic rings. The van der Waals surface area contributed by atoms with Crippen molar-refractivity contribution < 1.29 is 18.9 Å². The van der Waals surface area contributed by atoms with Gasteiger partial charge in [-0.2, -0.15) is 0 Å². The van der Waals surface area contributed by atoms with Crippen LogP contribution in [0.15, 0.2) is 10.1 Å². The molecule has 4 nitrogen and oxygen atoms in total. The van der Waals surface area contributed by atoms with Gasteiger partial charge < -0.3 is 18.9 Å². The molecule has 10 heteroatoms. The van der Waals surface area contributed by atoms with Crippen molar-refractivity contribution in [1.82, 2.24) is 0 Å². The topological polar surface area (TPSA) is 43.5 Å². The first kappa shape index (κ1) is 19.6. The van der Waals surface area contributed by atoms with Crippen molar-refractivity contribution in [3.8, 4) is 0 Å². The highest BCUT2D eigenvalue weighted by Gasteiger charge is 2.82. The molecule has 2 aliphatic carbocycles. The monoisotopic (exact) mass is 470 g/mol. The fourth-order valence-corrected chi connectivity index (χ4v) is 6.71. The Morgan fingerprint density at radius 3 is 1.44 bits per heavy atom. The summed E-state index contributed by atoms with van der Waals surface area (Å²) in [5.74, 6) is -0.730. The minimum Gasteiger partial charge on any atom is -0.378 e. The van der Waals surface area contributed by atoms with Crippen LogP contribution in [0.3, 0.4) is 0 Å². The maximum Gasteiger partial charge on any atom is 0.167 e. The minimum atomic E-state index is -1.59. The number of halogens is 6. The van der Waals surface area contributed by atoms with Gasteiger partial charge in [-0.25, -0.2) is 0 Å². The maximum absolute atomic E-state index is 6.85. The van der Waals surface area contributed by atoms with Gasteiger partial charge in [0.25, 0.3) is 0 Å². The quantitative estimate of drug-likeness (QED) is 0.397. The fourth-order valence-electron chi connectivity index (χ4n) is 3.65. The second kappa shape index (κ2) is 6.69. The normalized spacial score (nSPS) is 46.8. The molecule has 0 radical (unpaired) electrons. The van der Waals surface area contributed by atoms with Gasteiger partial charge in [-0.3, -0.25) is 0 Å². The molecule has 142 valence electrons. The number of allylic oxidation sites excluding steroid dienone is 2. The Balaban J connectivity index is 1.57. The summed E-state index contributed by atoms with van der Waals surface area (Å²) in [6, 6.07) is 0. The summed E-state index contributed by atoms with van der Waals surface area (Å²) in [7, 11) is 0. The Bertz CT molecular complexity index is 545. The highest BCUT2D eigenvalue weighted by atomic mass is 35.5. The summed E-state index contributed by atoms with van der Waals surface area (Å²) in [6.45, 7) is 2.88. The smallest absolute Gasteiger partial charge is 0.167 e. The summed E-state index contributed by atoms with van der Waals surface area (Å²) in [4.78, 5) is -2.68. The van der Waals surface area contributed by atoms with Crippen molar-refractivity contribution in [2.24, 2.45) is 11.8 Å². The van der Waals surface area contributed by atoms with E-state index in [0.29, 0.717) is 26.4 Å². The van der Waals surface area contributed by atoms with Crippen LogP contribution < -0.4 is 0 Å². The number of fused-ring (bicyclic) bond motifs is 2. The minimum absolute atomic E-state index is 0.128. The van der Waals surface area contributed by atoms with Gasteiger partial charge in [0.1, 0.15) is 22.0 Å². The van der Waals surface area contributed by atoms with Crippen molar-refractivity contribution in [3.05, 3.63) is 10.1 Å². The largest absolute Gasteiger partial charge is 0.378 e. The lowest BCUT2D eigenvalue weighted by Crippen LogP contribution is -2.45. The summed E-state index contributed by atoms with van der Waals surface area (Å²) in [6.07, 6.45) is 0.255. The molecule has 1 saturated carbocycles. The van der Waals surface area contributed by atoms with E-state index >= 15 is 0 Å². The first-order valence-corrected chi connectivity index (χ1v) is 10.2. The highest BCUT2D eigenvalue weighted by Crippen LogP contribution is 2.76. The Morgan fingerprint density at radius 2 is 1.12 bits per heavy atom. The third kappa shape index (κ3) is 2.87. The Kier molecular flexibility index (Phi) is 5.25. The van der Waals surface area contributed by atoms with E-state index in [2.05, 4.69) is 0 Å². The van der Waals surface area contributed by atoms with E-state index < -0.39 is 14.1 Å². The molecule has 0 amide bonds. The van der Waals surface area contributed by atoms with Gasteiger partial charge >= 0.3 is 0 Å². The highest BCUT2D eigenvalue weighted by molar-refractivity contribution is 6.65. The summed E-state index contributed by atoms with van der Waals surface area (Å²) >= 11 is 39.8. The van der Waals surface area contributed by atoms with Crippen LogP contribution in [0.25, 0.3) is 0 Å². The first-order chi connectivity index (χ1) is 11.7. The van der Waals surface area contributed by atoms with Crippen LogP contribution in [0.5, 0.6) is 0 Å². The number of epoxide rings is 2. The van der Waals surface area contributed by atoms with Crippen LogP contribution in [-0.2, 0) is 18.9 Å². The second-order valence-corrected chi connectivity index (χ2v) is 10.1. The van der Waals surface area contributed by atoms with Gasteiger partial charge in [0.05, 0.1) is 49.7 Å². The summed E-state index contributed by atoms with van der Waals surface area (Å²) in [5, 5.41) is 0.350. The molecular weight excluding hydrogens is 457 g/mol. The average molecular weight is 473 g/mol. The van der Waals surface area contributed by atoms with Gasteiger partial charge in [-0.05, 0) is 0 Å². The van der Waals surface area contributed by atoms with Crippen molar-refractivity contribution in [2.45, 2.75) is 26.3 Å². The zero-order chi connectivity index (χ0) is 18.0. The molecule has 0 aromatic heterocycles. The molecule has 0 spiro atoms. The van der Waals surface area contributed by atoms with Crippen LogP contribution in [0.4, 0.5) is 0 Å². The van der Waals surface area contributed by atoms with Gasteiger partial charge in [-0.1, -0.05) is 46.4 Å². The van der Waals surface area contributed by atoms with Crippen molar-refractivity contribution in [2.75, 3.05) is 39.6 Å². The molecule has 2 saturated heterocycles. The maximum atomic E-state index is 6.85. The zero-order valence-corrected chi connectivity index (χ0v) is 17.5. The Hall–Kier alpha value is 1.32. The Morgan fingerprint density at radius 1 is 0.760 bits per heavy atom. The molecule has 2 heterocycles. The summed E-state index contributed by atoms with van der Waals surface area (Å²) < 4.78 is 20.2. The number of hydrogen-bond acceptors (Lipinski definition) is 4. The van der Waals surface area contributed by atoms with E-state index in [1.165, 1.54) is 0 Å². The van der Waals surface area contributed by atoms with Crippen LogP contribution >= 0.6 is 69.6 Å². The summed E-state index contributed by atoms with van der Waals surface area (Å²) in [5.41, 5.74) is 0. The van der Waals surface area contributed by atoms with Gasteiger partial charge in [0.15, 0.2) is 4.33 Å². The van der Waals surface area contributed by atoms with Gasteiger partial charge in [-0.15, -0.1) is 23.2 Å². The van der Waals surface area contributed by atoms with Crippen LogP contribution in [0.2, 0.25) is 0 Å². The van der Waals surface area contributed by atoms with Gasteiger partial charge in [0, 0.05) is 11.8 Å². The lowest BCUT2D eigenvalue weighted by molar-refractivity contribution is 0.0247. The van der Waals surface area contributed by atoms with Crippen molar-refractivity contribution in [1.29, 1.82) is 0 Å². The molecule has 0 N–H and O–H groups in total. The van der Waals surface area contributed by atoms with E-state index in [4.69, 9.17) is 88.6 Å².